The Labute approximate surface area is 161 Å². The summed E-state index contributed by atoms with van der Waals surface area (Å²) < 4.78 is 3.54. The van der Waals surface area contributed by atoms with E-state index in [9.17, 15) is 9.59 Å². The van der Waals surface area contributed by atoms with Crippen molar-refractivity contribution in [1.82, 2.24) is 24.6 Å². The Morgan fingerprint density at radius 2 is 1.82 bits per heavy atom. The first kappa shape index (κ1) is 17.7. The van der Waals surface area contributed by atoms with Gasteiger partial charge in [0.05, 0.1) is 18.0 Å². The summed E-state index contributed by atoms with van der Waals surface area (Å²) in [6.45, 7) is 1.25. The monoisotopic (exact) mass is 373 g/mol. The van der Waals surface area contributed by atoms with E-state index in [4.69, 9.17) is 0 Å². The molecule has 0 radical (unpaired) electrons. The topological polar surface area (TPSA) is 81.8 Å². The van der Waals surface area contributed by atoms with Crippen LogP contribution >= 0.6 is 0 Å². The molecule has 0 fully saturated rings. The van der Waals surface area contributed by atoms with Gasteiger partial charge in [0.25, 0.3) is 0 Å². The minimum absolute atomic E-state index is 0.0551. The number of hydrogen-bond donors (Lipinski definition) is 1. The van der Waals surface area contributed by atoms with Crippen LogP contribution in [0.3, 0.4) is 0 Å². The largest absolute Gasteiger partial charge is 0.350 e. The number of amides is 1. The van der Waals surface area contributed by atoms with Crippen molar-refractivity contribution in [2.45, 2.75) is 19.6 Å². The number of rotatable bonds is 6. The molecule has 2 heterocycles. The zero-order valence-electron chi connectivity index (χ0n) is 15.2. The second-order valence-electron chi connectivity index (χ2n) is 6.51. The molecule has 0 unspecified atom stereocenters. The van der Waals surface area contributed by atoms with E-state index in [1.165, 1.54) is 6.20 Å². The maximum Gasteiger partial charge on any atom is 0.242 e. The van der Waals surface area contributed by atoms with Gasteiger partial charge in [-0.2, -0.15) is 5.10 Å². The number of carbonyl (C=O) groups excluding carboxylic acids is 1. The minimum atomic E-state index is -0.163. The molecule has 7 heteroatoms. The average molecular weight is 373 g/mol. The van der Waals surface area contributed by atoms with Gasteiger partial charge in [-0.1, -0.05) is 36.4 Å². The third-order valence-corrected chi connectivity index (χ3v) is 4.49. The molecule has 4 rings (SSSR count). The lowest BCUT2D eigenvalue weighted by Crippen LogP contribution is -2.28. The molecular formula is C21H19N5O2. The van der Waals surface area contributed by atoms with E-state index in [-0.39, 0.29) is 17.9 Å². The van der Waals surface area contributed by atoms with Crippen LogP contribution in [0.5, 0.6) is 0 Å². The van der Waals surface area contributed by atoms with Crippen LogP contribution in [0.2, 0.25) is 0 Å². The van der Waals surface area contributed by atoms with Crippen molar-refractivity contribution in [2.75, 3.05) is 0 Å². The van der Waals surface area contributed by atoms with Crippen LogP contribution in [0.1, 0.15) is 11.1 Å². The molecule has 0 aliphatic rings. The second kappa shape index (κ2) is 7.87. The third-order valence-electron chi connectivity index (χ3n) is 4.49. The standard InChI is InChI=1S/C21H19N5O2/c27-20-12-24-26(19-4-2-1-3-18(19)20)14-21(28)23-11-16-5-7-17(8-6-16)13-25-10-9-22-15-25/h1-10,12,15H,11,13-14H2,(H,23,28). The first-order chi connectivity index (χ1) is 13.7. The van der Waals surface area contributed by atoms with Gasteiger partial charge >= 0.3 is 0 Å². The lowest BCUT2D eigenvalue weighted by molar-refractivity contribution is -0.121. The highest BCUT2D eigenvalue weighted by Crippen LogP contribution is 2.08. The normalized spacial score (nSPS) is 10.9. The van der Waals surface area contributed by atoms with Gasteiger partial charge in [-0.25, -0.2) is 4.98 Å². The highest BCUT2D eigenvalue weighted by Gasteiger charge is 2.08. The number of nitrogens with zero attached hydrogens (tertiary/aromatic N) is 4. The Bertz CT molecular complexity index is 1150. The number of nitrogens with one attached hydrogen (secondary N) is 1. The SMILES string of the molecule is O=C(Cn1ncc(=O)c2ccccc21)NCc1ccc(Cn2ccnc2)cc1. The van der Waals surface area contributed by atoms with Gasteiger partial charge in [-0.3, -0.25) is 14.3 Å². The minimum Gasteiger partial charge on any atom is -0.350 e. The zero-order chi connectivity index (χ0) is 19.3. The highest BCUT2D eigenvalue weighted by molar-refractivity contribution is 5.81. The fourth-order valence-corrected chi connectivity index (χ4v) is 3.03. The Balaban J connectivity index is 1.37. The Morgan fingerprint density at radius 3 is 2.61 bits per heavy atom. The predicted octanol–water partition coefficient (Wildman–Crippen LogP) is 1.96. The first-order valence-corrected chi connectivity index (χ1v) is 8.94. The molecule has 0 saturated carbocycles. The molecule has 0 atom stereocenters. The molecule has 1 amide bonds. The third kappa shape index (κ3) is 3.98. The van der Waals surface area contributed by atoms with Crippen LogP contribution in [-0.4, -0.2) is 25.2 Å². The van der Waals surface area contributed by atoms with Crippen LogP contribution in [0.25, 0.3) is 10.9 Å². The molecule has 7 nitrogen and oxygen atoms in total. The van der Waals surface area contributed by atoms with E-state index in [1.54, 1.807) is 35.4 Å². The van der Waals surface area contributed by atoms with E-state index in [0.29, 0.717) is 17.4 Å². The van der Waals surface area contributed by atoms with Gasteiger partial charge in [0.15, 0.2) is 0 Å². The average Bonchev–Trinajstić information content (AvgIpc) is 3.23. The molecule has 140 valence electrons. The van der Waals surface area contributed by atoms with Gasteiger partial charge in [-0.05, 0) is 23.3 Å². The molecule has 2 aromatic carbocycles. The summed E-state index contributed by atoms with van der Waals surface area (Å²) >= 11 is 0. The molecule has 0 bridgehead atoms. The summed E-state index contributed by atoms with van der Waals surface area (Å²) in [5.74, 6) is -0.163. The van der Waals surface area contributed by atoms with Gasteiger partial charge in [0.2, 0.25) is 11.3 Å². The van der Waals surface area contributed by atoms with E-state index >= 15 is 0 Å². The van der Waals surface area contributed by atoms with Gasteiger partial charge < -0.3 is 9.88 Å². The molecular weight excluding hydrogens is 354 g/mol. The molecule has 0 aliphatic carbocycles. The van der Waals surface area contributed by atoms with Gasteiger partial charge in [0.1, 0.15) is 6.54 Å². The Kier molecular flexibility index (Phi) is 4.97. The first-order valence-electron chi connectivity index (χ1n) is 8.94. The molecule has 1 N–H and O–H groups in total. The summed E-state index contributed by atoms with van der Waals surface area (Å²) in [4.78, 5) is 28.2. The van der Waals surface area contributed by atoms with Gasteiger partial charge in [-0.15, -0.1) is 0 Å². The van der Waals surface area contributed by atoms with Crippen molar-refractivity contribution in [1.29, 1.82) is 0 Å². The summed E-state index contributed by atoms with van der Waals surface area (Å²) in [6, 6.07) is 15.2. The van der Waals surface area contributed by atoms with E-state index in [1.807, 2.05) is 41.1 Å². The van der Waals surface area contributed by atoms with Crippen LogP contribution < -0.4 is 10.7 Å². The van der Waals surface area contributed by atoms with Gasteiger partial charge in [0, 0.05) is 30.9 Å². The summed E-state index contributed by atoms with van der Waals surface area (Å²) in [5.41, 5.74) is 2.68. The van der Waals surface area contributed by atoms with Crippen molar-refractivity contribution in [3.05, 3.63) is 94.8 Å². The summed E-state index contributed by atoms with van der Waals surface area (Å²) in [5, 5.41) is 7.54. The smallest absolute Gasteiger partial charge is 0.242 e. The summed E-state index contributed by atoms with van der Waals surface area (Å²) in [7, 11) is 0. The zero-order valence-corrected chi connectivity index (χ0v) is 15.2. The van der Waals surface area contributed by atoms with Crippen molar-refractivity contribution in [2.24, 2.45) is 0 Å². The number of imidazole rings is 1. The molecule has 4 aromatic rings. The quantitative estimate of drug-likeness (QED) is 0.560. The number of hydrogen-bond acceptors (Lipinski definition) is 4. The Morgan fingerprint density at radius 1 is 1.04 bits per heavy atom. The van der Waals surface area contributed by atoms with Crippen molar-refractivity contribution in [3.8, 4) is 0 Å². The van der Waals surface area contributed by atoms with Crippen LogP contribution in [0, 0.1) is 0 Å². The molecule has 0 spiro atoms. The maximum atomic E-state index is 12.3. The second-order valence-corrected chi connectivity index (χ2v) is 6.51. The lowest BCUT2D eigenvalue weighted by Gasteiger charge is -2.10. The van der Waals surface area contributed by atoms with E-state index in [2.05, 4.69) is 15.4 Å². The number of para-hydroxylation sites is 1. The molecule has 0 aliphatic heterocycles. The van der Waals surface area contributed by atoms with Crippen molar-refractivity contribution in [3.63, 3.8) is 0 Å². The highest BCUT2D eigenvalue weighted by atomic mass is 16.2. The number of benzene rings is 2. The van der Waals surface area contributed by atoms with Crippen LogP contribution in [-0.2, 0) is 24.4 Å². The summed E-state index contributed by atoms with van der Waals surface area (Å²) in [6.07, 6.45) is 6.70. The fourth-order valence-electron chi connectivity index (χ4n) is 3.03. The fraction of sp³-hybridized carbons (Fsp3) is 0.143. The number of carbonyl (C=O) groups is 1. The van der Waals surface area contributed by atoms with E-state index < -0.39 is 0 Å². The molecule has 0 saturated heterocycles. The Hall–Kier alpha value is -3.74. The van der Waals surface area contributed by atoms with Crippen molar-refractivity contribution < 1.29 is 4.79 Å². The maximum absolute atomic E-state index is 12.3. The van der Waals surface area contributed by atoms with Crippen LogP contribution in [0.4, 0.5) is 0 Å². The lowest BCUT2D eigenvalue weighted by atomic mass is 10.1. The van der Waals surface area contributed by atoms with Crippen LogP contribution in [0.15, 0.2) is 78.2 Å². The number of aromatic nitrogens is 4. The molecule has 2 aromatic heterocycles. The van der Waals surface area contributed by atoms with E-state index in [0.717, 1.165) is 17.7 Å². The van der Waals surface area contributed by atoms with Crippen molar-refractivity contribution >= 4 is 16.8 Å². The molecule has 28 heavy (non-hydrogen) atoms. The number of fused-ring (bicyclic) bond motifs is 1. The predicted molar refractivity (Wildman–Crippen MR) is 106 cm³/mol.